The van der Waals surface area contributed by atoms with Crippen LogP contribution in [0.3, 0.4) is 0 Å². The summed E-state index contributed by atoms with van der Waals surface area (Å²) >= 11 is 0. The second-order valence-electron chi connectivity index (χ2n) is 2.33. The van der Waals surface area contributed by atoms with Gasteiger partial charge in [-0.1, -0.05) is 0 Å². The SMILES string of the molecule is CCOP(=O)(NC(C)=O)ONC(C)=O. The second-order valence-corrected chi connectivity index (χ2v) is 3.99. The molecule has 0 aliphatic rings. The Morgan fingerprint density at radius 1 is 1.29 bits per heavy atom. The lowest BCUT2D eigenvalue weighted by Crippen LogP contribution is -2.27. The number of carbonyl (C=O) groups is 2. The standard InChI is InChI=1S/C6H13N2O5P/c1-4-12-14(11,8-6(3)10)13-7-5(2)9/h4H2,1-3H3,(H,7,9)(H,8,10,11). The number of amides is 2. The number of hydrogen-bond acceptors (Lipinski definition) is 5. The smallest absolute Gasteiger partial charge is 0.291 e. The second kappa shape index (κ2) is 5.74. The Labute approximate surface area is 81.7 Å². The van der Waals surface area contributed by atoms with E-state index in [1.807, 2.05) is 10.6 Å². The van der Waals surface area contributed by atoms with Crippen molar-refractivity contribution in [1.29, 1.82) is 0 Å². The van der Waals surface area contributed by atoms with Crippen molar-refractivity contribution in [2.24, 2.45) is 0 Å². The Morgan fingerprint density at radius 2 is 1.86 bits per heavy atom. The zero-order valence-electron chi connectivity index (χ0n) is 8.20. The van der Waals surface area contributed by atoms with Crippen molar-refractivity contribution in [3.05, 3.63) is 0 Å². The average molecular weight is 224 g/mol. The van der Waals surface area contributed by atoms with Gasteiger partial charge in [0.05, 0.1) is 6.61 Å². The molecule has 0 aromatic heterocycles. The van der Waals surface area contributed by atoms with Crippen LogP contribution in [0.2, 0.25) is 0 Å². The molecule has 0 aromatic rings. The summed E-state index contributed by atoms with van der Waals surface area (Å²) in [5.74, 6) is -1.12. The number of rotatable bonds is 5. The fourth-order valence-electron chi connectivity index (χ4n) is 0.569. The molecule has 0 aliphatic heterocycles. The lowest BCUT2D eigenvalue weighted by Gasteiger charge is -2.16. The molecule has 0 heterocycles. The largest absolute Gasteiger partial charge is 0.456 e. The van der Waals surface area contributed by atoms with E-state index in [0.29, 0.717) is 0 Å². The van der Waals surface area contributed by atoms with Gasteiger partial charge in [0.15, 0.2) is 0 Å². The number of nitrogens with one attached hydrogen (secondary N) is 2. The molecule has 0 rings (SSSR count). The minimum Gasteiger partial charge on any atom is -0.291 e. The molecular formula is C6H13N2O5P. The number of hydroxylamine groups is 1. The molecule has 0 saturated heterocycles. The van der Waals surface area contributed by atoms with Crippen molar-refractivity contribution < 1.29 is 23.3 Å². The maximum atomic E-state index is 11.5. The zero-order chi connectivity index (χ0) is 11.2. The Kier molecular flexibility index (Phi) is 5.37. The lowest BCUT2D eigenvalue weighted by molar-refractivity contribution is -0.126. The first-order valence-corrected chi connectivity index (χ1v) is 5.42. The molecule has 0 aliphatic carbocycles. The van der Waals surface area contributed by atoms with Gasteiger partial charge in [0, 0.05) is 13.8 Å². The summed E-state index contributed by atoms with van der Waals surface area (Å²) in [6, 6.07) is 0. The summed E-state index contributed by atoms with van der Waals surface area (Å²) in [5.41, 5.74) is 1.83. The van der Waals surface area contributed by atoms with Gasteiger partial charge in [-0.05, 0) is 6.92 Å². The highest BCUT2D eigenvalue weighted by atomic mass is 31.2. The van der Waals surface area contributed by atoms with E-state index >= 15 is 0 Å². The molecule has 8 heteroatoms. The lowest BCUT2D eigenvalue weighted by atomic mass is 10.8. The highest BCUT2D eigenvalue weighted by Crippen LogP contribution is 2.41. The van der Waals surface area contributed by atoms with Crippen LogP contribution in [-0.2, 0) is 23.3 Å². The summed E-state index contributed by atoms with van der Waals surface area (Å²) in [6.07, 6.45) is 0. The molecule has 0 fully saturated rings. The minimum absolute atomic E-state index is 0.0805. The van der Waals surface area contributed by atoms with E-state index in [-0.39, 0.29) is 6.61 Å². The fourth-order valence-corrected chi connectivity index (χ4v) is 1.71. The van der Waals surface area contributed by atoms with Crippen molar-refractivity contribution >= 4 is 19.6 Å². The molecule has 2 N–H and O–H groups in total. The van der Waals surface area contributed by atoms with Crippen LogP contribution in [0.5, 0.6) is 0 Å². The zero-order valence-corrected chi connectivity index (χ0v) is 9.09. The van der Waals surface area contributed by atoms with E-state index in [2.05, 4.69) is 9.15 Å². The first kappa shape index (κ1) is 13.1. The van der Waals surface area contributed by atoms with E-state index in [9.17, 15) is 14.2 Å². The van der Waals surface area contributed by atoms with Crippen molar-refractivity contribution in [2.45, 2.75) is 20.8 Å². The molecule has 7 nitrogen and oxygen atoms in total. The summed E-state index contributed by atoms with van der Waals surface area (Å²) in [4.78, 5) is 21.1. The predicted molar refractivity (Wildman–Crippen MR) is 48.0 cm³/mol. The molecule has 0 radical (unpaired) electrons. The van der Waals surface area contributed by atoms with Gasteiger partial charge in [-0.25, -0.2) is 10.0 Å². The van der Waals surface area contributed by atoms with Crippen molar-refractivity contribution in [2.75, 3.05) is 6.61 Å². The molecule has 0 aromatic carbocycles. The van der Waals surface area contributed by atoms with Crippen LogP contribution < -0.4 is 10.6 Å². The Bertz CT molecular complexity index is 267. The number of carbonyl (C=O) groups excluding carboxylic acids is 2. The van der Waals surface area contributed by atoms with Crippen molar-refractivity contribution in [1.82, 2.24) is 10.6 Å². The normalized spacial score (nSPS) is 14.2. The van der Waals surface area contributed by atoms with Gasteiger partial charge in [-0.2, -0.15) is 4.62 Å². The quantitative estimate of drug-likeness (QED) is 0.518. The highest BCUT2D eigenvalue weighted by molar-refractivity contribution is 7.52. The molecule has 14 heavy (non-hydrogen) atoms. The fraction of sp³-hybridized carbons (Fsp3) is 0.667. The van der Waals surface area contributed by atoms with Crippen molar-refractivity contribution in [3.63, 3.8) is 0 Å². The topological polar surface area (TPSA) is 93.7 Å². The van der Waals surface area contributed by atoms with Crippen LogP contribution in [0.1, 0.15) is 20.8 Å². The van der Waals surface area contributed by atoms with E-state index in [1.54, 1.807) is 6.92 Å². The molecule has 82 valence electrons. The van der Waals surface area contributed by atoms with Gasteiger partial charge in [0.1, 0.15) is 0 Å². The Balaban J connectivity index is 4.31. The van der Waals surface area contributed by atoms with Crippen LogP contribution in [0.15, 0.2) is 0 Å². The Hall–Kier alpha value is -0.910. The molecule has 2 amide bonds. The molecule has 0 bridgehead atoms. The third-order valence-corrected chi connectivity index (χ3v) is 2.42. The highest BCUT2D eigenvalue weighted by Gasteiger charge is 2.26. The van der Waals surface area contributed by atoms with Gasteiger partial charge in [0.25, 0.3) is 0 Å². The first-order valence-electron chi connectivity index (χ1n) is 3.88. The van der Waals surface area contributed by atoms with Gasteiger partial charge in [0.2, 0.25) is 11.8 Å². The van der Waals surface area contributed by atoms with Crippen LogP contribution in [0, 0.1) is 0 Å². The Morgan fingerprint density at radius 3 is 2.21 bits per heavy atom. The maximum absolute atomic E-state index is 11.5. The third kappa shape index (κ3) is 5.69. The van der Waals surface area contributed by atoms with Crippen LogP contribution in [0.4, 0.5) is 0 Å². The van der Waals surface area contributed by atoms with Crippen LogP contribution in [0.25, 0.3) is 0 Å². The van der Waals surface area contributed by atoms with Crippen LogP contribution in [-0.4, -0.2) is 18.4 Å². The monoisotopic (exact) mass is 224 g/mol. The summed E-state index contributed by atoms with van der Waals surface area (Å²) in [6.45, 7) is 3.98. The maximum Gasteiger partial charge on any atom is 0.456 e. The van der Waals surface area contributed by atoms with E-state index in [0.717, 1.165) is 6.92 Å². The van der Waals surface area contributed by atoms with Crippen molar-refractivity contribution in [3.8, 4) is 0 Å². The molecule has 1 unspecified atom stereocenters. The average Bonchev–Trinajstić information content (AvgIpc) is 2.00. The van der Waals surface area contributed by atoms with Gasteiger partial charge in [-0.15, -0.1) is 0 Å². The van der Waals surface area contributed by atoms with Gasteiger partial charge in [-0.3, -0.25) is 19.2 Å². The summed E-state index contributed by atoms with van der Waals surface area (Å²) < 4.78 is 20.7. The number of hydrogen-bond donors (Lipinski definition) is 2. The van der Waals surface area contributed by atoms with Gasteiger partial charge >= 0.3 is 7.75 Å². The first-order chi connectivity index (χ1) is 6.39. The van der Waals surface area contributed by atoms with E-state index in [1.165, 1.54) is 6.92 Å². The molecule has 0 saturated carbocycles. The summed E-state index contributed by atoms with van der Waals surface area (Å²) in [5, 5.41) is 1.97. The minimum atomic E-state index is -3.76. The van der Waals surface area contributed by atoms with Gasteiger partial charge < -0.3 is 0 Å². The molecule has 1 atom stereocenters. The molecular weight excluding hydrogens is 211 g/mol. The summed E-state index contributed by atoms with van der Waals surface area (Å²) in [7, 11) is -3.76. The molecule has 0 spiro atoms. The van der Waals surface area contributed by atoms with Crippen LogP contribution >= 0.6 is 7.75 Å². The van der Waals surface area contributed by atoms with E-state index < -0.39 is 19.6 Å². The van der Waals surface area contributed by atoms with E-state index in [4.69, 9.17) is 0 Å². The third-order valence-electron chi connectivity index (χ3n) is 0.903. The predicted octanol–water partition coefficient (Wildman–Crippen LogP) is 0.335.